The van der Waals surface area contributed by atoms with Crippen molar-refractivity contribution in [2.75, 3.05) is 32.8 Å². The molecule has 0 saturated carbocycles. The van der Waals surface area contributed by atoms with Crippen molar-refractivity contribution in [1.82, 2.24) is 25.2 Å². The van der Waals surface area contributed by atoms with E-state index in [1.165, 1.54) is 6.33 Å². The molecule has 0 bridgehead atoms. The number of pyridine rings is 1. The van der Waals surface area contributed by atoms with Crippen LogP contribution in [-0.4, -0.2) is 64.6 Å². The van der Waals surface area contributed by atoms with Crippen LogP contribution in [0.15, 0.2) is 37.1 Å². The molecule has 0 unspecified atom stereocenters. The first-order chi connectivity index (χ1) is 11.7. The second kappa shape index (κ2) is 7.94. The van der Waals surface area contributed by atoms with E-state index in [-0.39, 0.29) is 11.9 Å². The lowest BCUT2D eigenvalue weighted by Crippen LogP contribution is -2.47. The summed E-state index contributed by atoms with van der Waals surface area (Å²) in [7, 11) is 0. The van der Waals surface area contributed by atoms with E-state index in [0.717, 1.165) is 37.6 Å². The van der Waals surface area contributed by atoms with E-state index >= 15 is 0 Å². The highest BCUT2D eigenvalue weighted by molar-refractivity contribution is 5.94. The minimum absolute atomic E-state index is 0.113. The van der Waals surface area contributed by atoms with Gasteiger partial charge in [-0.05, 0) is 19.1 Å². The van der Waals surface area contributed by atoms with Crippen LogP contribution in [0.5, 0.6) is 0 Å². The molecule has 1 amide bonds. The van der Waals surface area contributed by atoms with E-state index < -0.39 is 0 Å². The number of rotatable bonds is 5. The van der Waals surface area contributed by atoms with Gasteiger partial charge in [-0.1, -0.05) is 0 Å². The van der Waals surface area contributed by atoms with E-state index in [1.807, 2.05) is 0 Å². The highest BCUT2D eigenvalue weighted by Gasteiger charge is 2.17. The first-order valence-corrected chi connectivity index (χ1v) is 8.05. The van der Waals surface area contributed by atoms with E-state index in [1.54, 1.807) is 30.7 Å². The van der Waals surface area contributed by atoms with Crippen molar-refractivity contribution in [3.63, 3.8) is 0 Å². The van der Waals surface area contributed by atoms with Gasteiger partial charge in [0.25, 0.3) is 5.91 Å². The Hall–Kier alpha value is -2.38. The molecule has 0 aromatic carbocycles. The Kier molecular flexibility index (Phi) is 5.45. The lowest BCUT2D eigenvalue weighted by Gasteiger charge is -2.32. The zero-order valence-electron chi connectivity index (χ0n) is 13.7. The van der Waals surface area contributed by atoms with Crippen molar-refractivity contribution in [3.8, 4) is 11.3 Å². The summed E-state index contributed by atoms with van der Waals surface area (Å²) in [4.78, 5) is 26.8. The third kappa shape index (κ3) is 4.12. The summed E-state index contributed by atoms with van der Waals surface area (Å²) in [5.74, 6) is -0.113. The van der Waals surface area contributed by atoms with Crippen molar-refractivity contribution in [2.24, 2.45) is 0 Å². The van der Waals surface area contributed by atoms with Gasteiger partial charge in [-0.15, -0.1) is 0 Å². The molecule has 126 valence electrons. The number of aromatic nitrogens is 3. The molecule has 7 heteroatoms. The van der Waals surface area contributed by atoms with Gasteiger partial charge in [-0.25, -0.2) is 9.97 Å². The summed E-state index contributed by atoms with van der Waals surface area (Å²) < 4.78 is 5.35. The topological polar surface area (TPSA) is 80.2 Å². The van der Waals surface area contributed by atoms with Gasteiger partial charge >= 0.3 is 0 Å². The fourth-order valence-corrected chi connectivity index (χ4v) is 2.62. The van der Waals surface area contributed by atoms with Crippen LogP contribution < -0.4 is 5.32 Å². The maximum Gasteiger partial charge on any atom is 0.252 e. The molecule has 1 atom stereocenters. The summed E-state index contributed by atoms with van der Waals surface area (Å²) in [6.45, 7) is 6.05. The Morgan fingerprint density at radius 2 is 2.00 bits per heavy atom. The largest absolute Gasteiger partial charge is 0.379 e. The molecule has 0 spiro atoms. The smallest absolute Gasteiger partial charge is 0.252 e. The van der Waals surface area contributed by atoms with Crippen LogP contribution in [0.1, 0.15) is 17.3 Å². The van der Waals surface area contributed by atoms with Crippen molar-refractivity contribution in [1.29, 1.82) is 0 Å². The Morgan fingerprint density at radius 3 is 2.67 bits per heavy atom. The molecular weight excluding hydrogens is 306 g/mol. The Morgan fingerprint density at radius 1 is 1.25 bits per heavy atom. The number of hydrogen-bond donors (Lipinski definition) is 1. The summed E-state index contributed by atoms with van der Waals surface area (Å²) in [6.07, 6.45) is 6.44. The van der Waals surface area contributed by atoms with Gasteiger partial charge in [0.15, 0.2) is 0 Å². The normalized spacial score (nSPS) is 16.5. The van der Waals surface area contributed by atoms with Crippen molar-refractivity contribution in [2.45, 2.75) is 13.0 Å². The van der Waals surface area contributed by atoms with E-state index in [9.17, 15) is 4.79 Å². The highest BCUT2D eigenvalue weighted by Crippen LogP contribution is 2.14. The predicted molar refractivity (Wildman–Crippen MR) is 89.5 cm³/mol. The second-order valence-electron chi connectivity index (χ2n) is 5.77. The van der Waals surface area contributed by atoms with Crippen LogP contribution in [0.2, 0.25) is 0 Å². The van der Waals surface area contributed by atoms with E-state index in [0.29, 0.717) is 12.1 Å². The molecular formula is C17H21N5O2. The average molecular weight is 327 g/mol. The predicted octanol–water partition coefficient (Wildman–Crippen LogP) is 0.989. The molecule has 0 radical (unpaired) electrons. The number of nitrogens with one attached hydrogen (secondary N) is 1. The molecule has 1 aliphatic heterocycles. The van der Waals surface area contributed by atoms with Gasteiger partial charge in [-0.3, -0.25) is 14.7 Å². The molecule has 24 heavy (non-hydrogen) atoms. The number of amides is 1. The lowest BCUT2D eigenvalue weighted by atomic mass is 10.2. The van der Waals surface area contributed by atoms with Crippen LogP contribution >= 0.6 is 0 Å². The van der Waals surface area contributed by atoms with E-state index in [4.69, 9.17) is 4.74 Å². The number of hydrogen-bond acceptors (Lipinski definition) is 6. The fraction of sp³-hybridized carbons (Fsp3) is 0.412. The van der Waals surface area contributed by atoms with Gasteiger partial charge < -0.3 is 10.1 Å². The molecule has 1 N–H and O–H groups in total. The maximum absolute atomic E-state index is 12.3. The third-order valence-corrected chi connectivity index (χ3v) is 4.11. The Balaban J connectivity index is 1.55. The Labute approximate surface area is 141 Å². The van der Waals surface area contributed by atoms with Crippen molar-refractivity contribution >= 4 is 5.91 Å². The standard InChI is InChI=1S/C17H21N5O2/c1-13(22-4-6-24-7-5-22)8-21-17(23)14-2-3-16(20-11-14)15-9-18-12-19-10-15/h2-3,9-13H,4-8H2,1H3,(H,21,23)/t13-/m1/s1. The van der Waals surface area contributed by atoms with Crippen LogP contribution in [0.4, 0.5) is 0 Å². The maximum atomic E-state index is 12.3. The first-order valence-electron chi connectivity index (χ1n) is 8.05. The zero-order chi connectivity index (χ0) is 16.8. The summed E-state index contributed by atoms with van der Waals surface area (Å²) in [5, 5.41) is 2.97. The monoisotopic (exact) mass is 327 g/mol. The van der Waals surface area contributed by atoms with Gasteiger partial charge in [0.2, 0.25) is 0 Å². The number of ether oxygens (including phenoxy) is 1. The first kappa shape index (κ1) is 16.5. The highest BCUT2D eigenvalue weighted by atomic mass is 16.5. The minimum Gasteiger partial charge on any atom is -0.379 e. The molecule has 3 heterocycles. The van der Waals surface area contributed by atoms with Gasteiger partial charge in [0, 0.05) is 49.8 Å². The lowest BCUT2D eigenvalue weighted by molar-refractivity contribution is 0.0204. The molecule has 2 aromatic heterocycles. The summed E-state index contributed by atoms with van der Waals surface area (Å²) in [5.41, 5.74) is 2.11. The SMILES string of the molecule is C[C@H](CNC(=O)c1ccc(-c2cncnc2)nc1)N1CCOCC1. The van der Waals surface area contributed by atoms with Crippen LogP contribution in [0.3, 0.4) is 0 Å². The number of morpholine rings is 1. The van der Waals surface area contributed by atoms with Gasteiger partial charge in [0.05, 0.1) is 24.5 Å². The number of nitrogens with zero attached hydrogens (tertiary/aromatic N) is 4. The molecule has 3 rings (SSSR count). The van der Waals surface area contributed by atoms with Crippen molar-refractivity contribution < 1.29 is 9.53 Å². The number of carbonyl (C=O) groups excluding carboxylic acids is 1. The minimum atomic E-state index is -0.113. The van der Waals surface area contributed by atoms with Crippen LogP contribution in [0, 0.1) is 0 Å². The molecule has 0 aliphatic carbocycles. The summed E-state index contributed by atoms with van der Waals surface area (Å²) in [6, 6.07) is 3.86. The molecule has 7 nitrogen and oxygen atoms in total. The van der Waals surface area contributed by atoms with Gasteiger partial charge in [0.1, 0.15) is 6.33 Å². The van der Waals surface area contributed by atoms with Crippen LogP contribution in [-0.2, 0) is 4.74 Å². The second-order valence-corrected chi connectivity index (χ2v) is 5.77. The zero-order valence-corrected chi connectivity index (χ0v) is 13.7. The average Bonchev–Trinajstić information content (AvgIpc) is 2.67. The van der Waals surface area contributed by atoms with Crippen LogP contribution in [0.25, 0.3) is 11.3 Å². The van der Waals surface area contributed by atoms with E-state index in [2.05, 4.69) is 32.1 Å². The molecule has 1 fully saturated rings. The fourth-order valence-electron chi connectivity index (χ4n) is 2.62. The number of carbonyl (C=O) groups is 1. The molecule has 1 aliphatic rings. The third-order valence-electron chi connectivity index (χ3n) is 4.11. The molecule has 1 saturated heterocycles. The Bertz CT molecular complexity index is 656. The van der Waals surface area contributed by atoms with Crippen molar-refractivity contribution in [3.05, 3.63) is 42.6 Å². The summed E-state index contributed by atoms with van der Waals surface area (Å²) >= 11 is 0. The molecule has 2 aromatic rings. The van der Waals surface area contributed by atoms with Gasteiger partial charge in [-0.2, -0.15) is 0 Å². The quantitative estimate of drug-likeness (QED) is 0.882.